The molecule has 28 heavy (non-hydrogen) atoms. The summed E-state index contributed by atoms with van der Waals surface area (Å²) in [5.41, 5.74) is 8.80. The molecule has 3 N–H and O–H groups in total. The summed E-state index contributed by atoms with van der Waals surface area (Å²) in [5.74, 6) is 1.22. The molecule has 0 unspecified atom stereocenters. The number of nitriles is 1. The first kappa shape index (κ1) is 17.9. The Morgan fingerprint density at radius 1 is 1.36 bits per heavy atom. The zero-order chi connectivity index (χ0) is 19.7. The molecule has 0 fully saturated rings. The number of thiophene rings is 1. The van der Waals surface area contributed by atoms with Gasteiger partial charge in [-0.15, -0.1) is 16.4 Å². The summed E-state index contributed by atoms with van der Waals surface area (Å²) in [7, 11) is 1.59. The van der Waals surface area contributed by atoms with Crippen molar-refractivity contribution in [3.8, 4) is 34.0 Å². The number of fused-ring (bicyclic) bond motifs is 1. The van der Waals surface area contributed by atoms with E-state index in [0.29, 0.717) is 29.6 Å². The van der Waals surface area contributed by atoms with Crippen molar-refractivity contribution in [3.63, 3.8) is 0 Å². The second-order valence-electron chi connectivity index (χ2n) is 6.06. The first-order chi connectivity index (χ1) is 13.7. The van der Waals surface area contributed by atoms with Gasteiger partial charge in [0, 0.05) is 0 Å². The molecule has 2 aromatic heterocycles. The van der Waals surface area contributed by atoms with Crippen LogP contribution in [0.4, 0.5) is 0 Å². The van der Waals surface area contributed by atoms with Crippen LogP contribution >= 0.6 is 11.3 Å². The Morgan fingerprint density at radius 2 is 2.21 bits per heavy atom. The average molecular weight is 394 g/mol. The van der Waals surface area contributed by atoms with Gasteiger partial charge in [-0.05, 0) is 36.1 Å². The number of methoxy groups -OCH3 is 1. The molecule has 0 radical (unpaired) electrons. The number of aromatic nitrogens is 2. The highest BCUT2D eigenvalue weighted by atomic mass is 32.1. The second-order valence-corrected chi connectivity index (χ2v) is 7.01. The third-order valence-electron chi connectivity index (χ3n) is 4.53. The molecule has 142 valence electrons. The maximum absolute atomic E-state index is 9.80. The van der Waals surface area contributed by atoms with E-state index in [2.05, 4.69) is 16.3 Å². The van der Waals surface area contributed by atoms with E-state index in [4.69, 9.17) is 19.9 Å². The van der Waals surface area contributed by atoms with Gasteiger partial charge in [0.1, 0.15) is 11.6 Å². The molecule has 0 bridgehead atoms. The summed E-state index contributed by atoms with van der Waals surface area (Å²) in [6, 6.07) is 11.8. The summed E-state index contributed by atoms with van der Waals surface area (Å²) in [5, 5.41) is 19.1. The summed E-state index contributed by atoms with van der Waals surface area (Å²) in [6.07, 6.45) is 0. The Kier molecular flexibility index (Phi) is 4.67. The minimum atomic E-state index is -0.435. The third-order valence-corrected chi connectivity index (χ3v) is 5.41. The molecule has 0 amide bonds. The summed E-state index contributed by atoms with van der Waals surface area (Å²) < 4.78 is 16.7. The molecule has 0 saturated heterocycles. The molecular formula is C20H18N4O3S. The fraction of sp³-hybridized carbons (Fsp3) is 0.200. The van der Waals surface area contributed by atoms with Crippen molar-refractivity contribution in [3.05, 3.63) is 58.3 Å². The zero-order valence-electron chi connectivity index (χ0n) is 15.4. The standard InChI is InChI=1S/C20H18N4O3S/c1-3-26-14-9-11(6-7-13(14)25-2)16-12(10-21)19(22)27-20-17(16)18(23-24-20)15-5-4-8-28-15/h4-9,16H,3,22H2,1-2H3,(H,23,24)/t16-/m0/s1. The predicted octanol–water partition coefficient (Wildman–Crippen LogP) is 3.76. The highest BCUT2D eigenvalue weighted by Gasteiger charge is 2.36. The molecule has 1 aliphatic heterocycles. The smallest absolute Gasteiger partial charge is 0.244 e. The summed E-state index contributed by atoms with van der Waals surface area (Å²) >= 11 is 1.58. The number of aromatic amines is 1. The van der Waals surface area contributed by atoms with Crippen LogP contribution in [-0.4, -0.2) is 23.9 Å². The minimum absolute atomic E-state index is 0.0537. The zero-order valence-corrected chi connectivity index (χ0v) is 16.2. The lowest BCUT2D eigenvalue weighted by Crippen LogP contribution is -2.21. The fourth-order valence-corrected chi connectivity index (χ4v) is 4.06. The maximum atomic E-state index is 9.80. The van der Waals surface area contributed by atoms with Crippen molar-refractivity contribution in [2.24, 2.45) is 5.73 Å². The third kappa shape index (κ3) is 2.86. The lowest BCUT2D eigenvalue weighted by atomic mass is 9.83. The normalized spacial score (nSPS) is 15.5. The van der Waals surface area contributed by atoms with E-state index in [-0.39, 0.29) is 5.88 Å². The highest BCUT2D eigenvalue weighted by molar-refractivity contribution is 7.13. The van der Waals surface area contributed by atoms with Gasteiger partial charge in [0.25, 0.3) is 0 Å². The quantitative estimate of drug-likeness (QED) is 0.682. The van der Waals surface area contributed by atoms with Crippen LogP contribution in [0.2, 0.25) is 0 Å². The Bertz CT molecular complexity index is 1080. The van der Waals surface area contributed by atoms with Gasteiger partial charge in [-0.3, -0.25) is 5.10 Å². The molecule has 0 saturated carbocycles. The number of hydrogen-bond acceptors (Lipinski definition) is 7. The van der Waals surface area contributed by atoms with Crippen molar-refractivity contribution in [2.75, 3.05) is 13.7 Å². The van der Waals surface area contributed by atoms with Crippen molar-refractivity contribution in [1.82, 2.24) is 10.2 Å². The van der Waals surface area contributed by atoms with Crippen molar-refractivity contribution in [2.45, 2.75) is 12.8 Å². The lowest BCUT2D eigenvalue weighted by molar-refractivity contribution is 0.310. The Morgan fingerprint density at radius 3 is 2.89 bits per heavy atom. The number of ether oxygens (including phenoxy) is 3. The molecule has 0 spiro atoms. The topological polar surface area (TPSA) is 106 Å². The number of nitrogens with zero attached hydrogens (tertiary/aromatic N) is 2. The molecule has 3 aromatic rings. The van der Waals surface area contributed by atoms with Gasteiger partial charge in [-0.2, -0.15) is 5.26 Å². The van der Waals surface area contributed by atoms with E-state index in [9.17, 15) is 5.26 Å². The Balaban J connectivity index is 1.92. The van der Waals surface area contributed by atoms with Crippen LogP contribution in [0.5, 0.6) is 17.4 Å². The molecule has 4 rings (SSSR count). The number of hydrogen-bond donors (Lipinski definition) is 2. The van der Waals surface area contributed by atoms with Gasteiger partial charge in [-0.25, -0.2) is 0 Å². The van der Waals surface area contributed by atoms with E-state index in [1.807, 2.05) is 42.6 Å². The molecule has 1 aromatic carbocycles. The Labute approximate surface area is 166 Å². The van der Waals surface area contributed by atoms with Crippen molar-refractivity contribution >= 4 is 11.3 Å². The van der Waals surface area contributed by atoms with Gasteiger partial charge >= 0.3 is 0 Å². The molecule has 1 atom stereocenters. The van der Waals surface area contributed by atoms with E-state index in [1.54, 1.807) is 18.4 Å². The molecule has 3 heterocycles. The second kappa shape index (κ2) is 7.29. The van der Waals surface area contributed by atoms with Gasteiger partial charge in [0.15, 0.2) is 11.5 Å². The van der Waals surface area contributed by atoms with E-state index in [1.165, 1.54) is 0 Å². The van der Waals surface area contributed by atoms with E-state index in [0.717, 1.165) is 21.7 Å². The summed E-state index contributed by atoms with van der Waals surface area (Å²) in [6.45, 7) is 2.40. The first-order valence-corrected chi connectivity index (χ1v) is 9.56. The number of nitrogens with two attached hydrogens (primary N) is 1. The van der Waals surface area contributed by atoms with Crippen molar-refractivity contribution in [1.29, 1.82) is 5.26 Å². The van der Waals surface area contributed by atoms with Crippen LogP contribution in [0.3, 0.4) is 0 Å². The number of allylic oxidation sites excluding steroid dienone is 1. The van der Waals surface area contributed by atoms with Crippen LogP contribution in [0.25, 0.3) is 10.6 Å². The SMILES string of the molecule is CCOc1cc([C@H]2C(C#N)=C(N)Oc3n[nH]c(-c4cccs4)c32)ccc1OC. The molecule has 7 nitrogen and oxygen atoms in total. The van der Waals surface area contributed by atoms with Crippen molar-refractivity contribution < 1.29 is 14.2 Å². The monoisotopic (exact) mass is 394 g/mol. The van der Waals surface area contributed by atoms with Crippen LogP contribution in [0, 0.1) is 11.3 Å². The van der Waals surface area contributed by atoms with Gasteiger partial charge in [-0.1, -0.05) is 12.1 Å². The first-order valence-electron chi connectivity index (χ1n) is 8.68. The van der Waals surface area contributed by atoms with Crippen LogP contribution < -0.4 is 19.9 Å². The highest BCUT2D eigenvalue weighted by Crippen LogP contribution is 2.47. The van der Waals surface area contributed by atoms with Crippen LogP contribution in [0.1, 0.15) is 24.0 Å². The van der Waals surface area contributed by atoms with Crippen LogP contribution in [0.15, 0.2) is 47.2 Å². The van der Waals surface area contributed by atoms with Gasteiger partial charge < -0.3 is 19.9 Å². The van der Waals surface area contributed by atoms with E-state index >= 15 is 0 Å². The molecule has 8 heteroatoms. The van der Waals surface area contributed by atoms with Crippen LogP contribution in [-0.2, 0) is 0 Å². The Hall–Kier alpha value is -3.44. The minimum Gasteiger partial charge on any atom is -0.493 e. The lowest BCUT2D eigenvalue weighted by Gasteiger charge is -2.24. The number of rotatable bonds is 5. The number of benzene rings is 1. The molecule has 0 aliphatic carbocycles. The maximum Gasteiger partial charge on any atom is 0.244 e. The molecular weight excluding hydrogens is 376 g/mol. The van der Waals surface area contributed by atoms with Gasteiger partial charge in [0.2, 0.25) is 11.8 Å². The number of H-pyrrole nitrogens is 1. The average Bonchev–Trinajstić information content (AvgIpc) is 3.36. The number of nitrogens with one attached hydrogen (secondary N) is 1. The predicted molar refractivity (Wildman–Crippen MR) is 105 cm³/mol. The molecule has 1 aliphatic rings. The summed E-state index contributed by atoms with van der Waals surface area (Å²) in [4.78, 5) is 0.999. The fourth-order valence-electron chi connectivity index (χ4n) is 3.33. The van der Waals surface area contributed by atoms with E-state index < -0.39 is 5.92 Å². The van der Waals surface area contributed by atoms with Gasteiger partial charge in [0.05, 0.1) is 35.8 Å². The largest absolute Gasteiger partial charge is 0.493 e.